The highest BCUT2D eigenvalue weighted by atomic mass is 35.5. The first-order valence-electron chi connectivity index (χ1n) is 2.70. The van der Waals surface area contributed by atoms with E-state index in [4.69, 9.17) is 27.8 Å². The van der Waals surface area contributed by atoms with Gasteiger partial charge in [0.25, 0.3) is 10.1 Å². The van der Waals surface area contributed by atoms with Gasteiger partial charge in [-0.2, -0.15) is 8.42 Å². The molecule has 0 aliphatic carbocycles. The molecule has 0 atom stereocenters. The van der Waals surface area contributed by atoms with Crippen LogP contribution in [0.1, 0.15) is 0 Å². The number of aromatic nitrogens is 1. The fraction of sp³-hybridized carbons (Fsp3) is 0. The molecule has 1 rings (SSSR count). The average molecular weight is 228 g/mol. The maximum Gasteiger partial charge on any atom is 0.294 e. The first-order valence-corrected chi connectivity index (χ1v) is 4.90. The summed E-state index contributed by atoms with van der Waals surface area (Å²) in [4.78, 5) is 3.14. The molecule has 0 spiro atoms. The Bertz CT molecular complexity index is 383. The van der Waals surface area contributed by atoms with Crippen molar-refractivity contribution in [2.75, 3.05) is 0 Å². The molecule has 0 aromatic carbocycles. The fourth-order valence-corrected chi connectivity index (χ4v) is 1.70. The molecule has 4 nitrogen and oxygen atoms in total. The van der Waals surface area contributed by atoms with Gasteiger partial charge in [-0.15, -0.1) is 0 Å². The third-order valence-corrected chi connectivity index (χ3v) is 2.25. The highest BCUT2D eigenvalue weighted by molar-refractivity contribution is 7.85. The molecule has 1 aromatic rings. The maximum absolute atomic E-state index is 10.5. The molecule has 0 aliphatic rings. The van der Waals surface area contributed by atoms with Crippen LogP contribution in [0.25, 0.3) is 0 Å². The van der Waals surface area contributed by atoms with Crippen molar-refractivity contribution < 1.29 is 13.0 Å². The zero-order valence-corrected chi connectivity index (χ0v) is 7.86. The predicted molar refractivity (Wildman–Crippen MR) is 44.1 cm³/mol. The van der Waals surface area contributed by atoms with Crippen molar-refractivity contribution in [3.8, 4) is 0 Å². The lowest BCUT2D eigenvalue weighted by molar-refractivity contribution is 0.483. The van der Waals surface area contributed by atoms with E-state index >= 15 is 0 Å². The van der Waals surface area contributed by atoms with Crippen LogP contribution in [-0.2, 0) is 10.1 Å². The Kier molecular flexibility index (Phi) is 2.58. The Labute approximate surface area is 78.9 Å². The van der Waals surface area contributed by atoms with Crippen LogP contribution in [0.15, 0.2) is 17.0 Å². The number of nitrogens with zero attached hydrogens (tertiary/aromatic N) is 1. The molecule has 0 bridgehead atoms. The predicted octanol–water partition coefficient (Wildman–Crippen LogP) is 1.64. The van der Waals surface area contributed by atoms with Crippen molar-refractivity contribution >= 4 is 33.3 Å². The molecule has 0 amide bonds. The van der Waals surface area contributed by atoms with Gasteiger partial charge in [-0.3, -0.25) is 4.55 Å². The highest BCUT2D eigenvalue weighted by Gasteiger charge is 2.11. The van der Waals surface area contributed by atoms with E-state index in [1.54, 1.807) is 0 Å². The van der Waals surface area contributed by atoms with Crippen LogP contribution in [0.5, 0.6) is 0 Å². The van der Waals surface area contributed by atoms with Crippen molar-refractivity contribution in [1.82, 2.24) is 4.98 Å². The number of hydrogen-bond acceptors (Lipinski definition) is 3. The van der Waals surface area contributed by atoms with Crippen molar-refractivity contribution in [1.29, 1.82) is 0 Å². The van der Waals surface area contributed by atoms with Gasteiger partial charge in [0.05, 0.1) is 4.90 Å². The van der Waals surface area contributed by atoms with Crippen molar-refractivity contribution in [3.05, 3.63) is 22.4 Å². The Hall–Kier alpha value is -0.360. The quantitative estimate of drug-likeness (QED) is 0.585. The number of pyridine rings is 1. The van der Waals surface area contributed by atoms with Gasteiger partial charge < -0.3 is 0 Å². The van der Waals surface area contributed by atoms with Crippen LogP contribution in [0.2, 0.25) is 10.3 Å². The number of rotatable bonds is 1. The second kappa shape index (κ2) is 3.18. The highest BCUT2D eigenvalue weighted by Crippen LogP contribution is 2.17. The zero-order chi connectivity index (χ0) is 9.35. The Morgan fingerprint density at radius 1 is 1.25 bits per heavy atom. The minimum Gasteiger partial charge on any atom is -0.282 e. The van der Waals surface area contributed by atoms with E-state index in [9.17, 15) is 8.42 Å². The summed E-state index contributed by atoms with van der Waals surface area (Å²) in [6.07, 6.45) is 0. The SMILES string of the molecule is O=S(=O)(O)c1cc(Cl)nc(Cl)c1. The van der Waals surface area contributed by atoms with E-state index in [1.165, 1.54) is 0 Å². The topological polar surface area (TPSA) is 67.3 Å². The summed E-state index contributed by atoms with van der Waals surface area (Å²) in [6, 6.07) is 2.01. The smallest absolute Gasteiger partial charge is 0.282 e. The summed E-state index contributed by atoms with van der Waals surface area (Å²) < 4.78 is 29.7. The van der Waals surface area contributed by atoms with Gasteiger partial charge in [-0.1, -0.05) is 23.2 Å². The normalized spacial score (nSPS) is 11.6. The van der Waals surface area contributed by atoms with Gasteiger partial charge >= 0.3 is 0 Å². The van der Waals surface area contributed by atoms with Crippen LogP contribution in [0, 0.1) is 0 Å². The summed E-state index contributed by atoms with van der Waals surface area (Å²) in [5.74, 6) is 0. The van der Waals surface area contributed by atoms with Gasteiger partial charge in [-0.25, -0.2) is 4.98 Å². The molecule has 0 fully saturated rings. The van der Waals surface area contributed by atoms with E-state index in [-0.39, 0.29) is 15.2 Å². The molecule has 1 heterocycles. The maximum atomic E-state index is 10.5. The number of hydrogen-bond donors (Lipinski definition) is 1. The molecule has 1 N–H and O–H groups in total. The molecular formula is C5H3Cl2NO3S. The summed E-state index contributed by atoms with van der Waals surface area (Å²) in [7, 11) is -4.26. The molecule has 0 saturated carbocycles. The molecule has 0 unspecified atom stereocenters. The van der Waals surface area contributed by atoms with E-state index in [2.05, 4.69) is 4.98 Å². The minimum absolute atomic E-state index is 0.0878. The van der Waals surface area contributed by atoms with Gasteiger partial charge in [0.1, 0.15) is 10.3 Å². The second-order valence-corrected chi connectivity index (χ2v) is 4.12. The molecule has 7 heteroatoms. The average Bonchev–Trinajstić information content (AvgIpc) is 1.82. The third-order valence-electron chi connectivity index (χ3n) is 1.03. The van der Waals surface area contributed by atoms with Crippen molar-refractivity contribution in [3.63, 3.8) is 0 Å². The Morgan fingerprint density at radius 3 is 2.00 bits per heavy atom. The molecule has 12 heavy (non-hydrogen) atoms. The zero-order valence-electron chi connectivity index (χ0n) is 5.53. The molecular weight excluding hydrogens is 225 g/mol. The lowest BCUT2D eigenvalue weighted by Crippen LogP contribution is -1.98. The van der Waals surface area contributed by atoms with Crippen molar-refractivity contribution in [2.45, 2.75) is 4.90 Å². The van der Waals surface area contributed by atoms with Gasteiger partial charge in [-0.05, 0) is 12.1 Å². The lowest BCUT2D eigenvalue weighted by Gasteiger charge is -1.97. The molecule has 0 aliphatic heterocycles. The van der Waals surface area contributed by atoms with Gasteiger partial charge in [0, 0.05) is 0 Å². The summed E-state index contributed by atoms with van der Waals surface area (Å²) >= 11 is 10.8. The van der Waals surface area contributed by atoms with Crippen LogP contribution in [0.3, 0.4) is 0 Å². The van der Waals surface area contributed by atoms with Crippen LogP contribution in [-0.4, -0.2) is 18.0 Å². The van der Waals surface area contributed by atoms with E-state index in [1.807, 2.05) is 0 Å². The lowest BCUT2D eigenvalue weighted by atomic mass is 10.5. The van der Waals surface area contributed by atoms with Crippen molar-refractivity contribution in [2.24, 2.45) is 0 Å². The first-order chi connectivity index (χ1) is 5.39. The van der Waals surface area contributed by atoms with Crippen LogP contribution in [0.4, 0.5) is 0 Å². The van der Waals surface area contributed by atoms with Gasteiger partial charge in [0.2, 0.25) is 0 Å². The van der Waals surface area contributed by atoms with E-state index in [0.29, 0.717) is 0 Å². The fourth-order valence-electron chi connectivity index (χ4n) is 0.592. The monoisotopic (exact) mass is 227 g/mol. The van der Waals surface area contributed by atoms with E-state index in [0.717, 1.165) is 12.1 Å². The minimum atomic E-state index is -4.26. The Morgan fingerprint density at radius 2 is 1.67 bits per heavy atom. The Balaban J connectivity index is 3.37. The summed E-state index contributed by atoms with van der Waals surface area (Å²) in [6.45, 7) is 0. The molecule has 1 aromatic heterocycles. The number of halogens is 2. The second-order valence-electron chi connectivity index (χ2n) is 1.92. The van der Waals surface area contributed by atoms with Crippen LogP contribution >= 0.6 is 23.2 Å². The van der Waals surface area contributed by atoms with Crippen LogP contribution < -0.4 is 0 Å². The largest absolute Gasteiger partial charge is 0.294 e. The third kappa shape index (κ3) is 2.31. The first kappa shape index (κ1) is 9.73. The molecule has 66 valence electrons. The van der Waals surface area contributed by atoms with Gasteiger partial charge in [0.15, 0.2) is 0 Å². The molecule has 0 saturated heterocycles. The van der Waals surface area contributed by atoms with E-state index < -0.39 is 10.1 Å². The standard InChI is InChI=1S/C5H3Cl2NO3S/c6-4-1-3(12(9,10)11)2-5(7)8-4/h1-2H,(H,9,10,11). The summed E-state index contributed by atoms with van der Waals surface area (Å²) in [5, 5.41) is -0.176. The summed E-state index contributed by atoms with van der Waals surface area (Å²) in [5.41, 5.74) is 0. The molecule has 0 radical (unpaired) electrons.